The second-order valence-electron chi connectivity index (χ2n) is 5.03. The third-order valence-electron chi connectivity index (χ3n) is 3.16. The van der Waals surface area contributed by atoms with Crippen molar-refractivity contribution in [3.05, 3.63) is 53.9 Å². The zero-order valence-corrected chi connectivity index (χ0v) is 13.5. The topological polar surface area (TPSA) is 57.7 Å². The maximum absolute atomic E-state index is 11.8. The van der Waals surface area contributed by atoms with E-state index in [1.54, 1.807) is 25.6 Å². The molecule has 0 fully saturated rings. The van der Waals surface area contributed by atoms with Crippen LogP contribution in [0.1, 0.15) is 24.5 Å². The lowest BCUT2D eigenvalue weighted by Crippen LogP contribution is -2.08. The van der Waals surface area contributed by atoms with Crippen LogP contribution in [0.3, 0.4) is 0 Å². The van der Waals surface area contributed by atoms with Gasteiger partial charge in [0, 0.05) is 12.4 Å². The molecule has 122 valence electrons. The Labute approximate surface area is 136 Å². The summed E-state index contributed by atoms with van der Waals surface area (Å²) in [7, 11) is 1.59. The van der Waals surface area contributed by atoms with E-state index in [0.717, 1.165) is 17.5 Å². The van der Waals surface area contributed by atoms with Gasteiger partial charge in [0.05, 0.1) is 20.1 Å². The average molecular weight is 315 g/mol. The summed E-state index contributed by atoms with van der Waals surface area (Å²) < 4.78 is 16.2. The minimum Gasteiger partial charge on any atom is -0.493 e. The molecule has 0 aliphatic heterocycles. The van der Waals surface area contributed by atoms with Gasteiger partial charge in [0.1, 0.15) is 6.61 Å². The Morgan fingerprint density at radius 2 is 2.04 bits per heavy atom. The highest BCUT2D eigenvalue weighted by atomic mass is 16.5. The molecule has 2 aromatic rings. The van der Waals surface area contributed by atoms with E-state index in [2.05, 4.69) is 4.98 Å². The Morgan fingerprint density at radius 3 is 2.74 bits per heavy atom. The molecule has 0 N–H and O–H groups in total. The molecule has 1 aromatic heterocycles. The summed E-state index contributed by atoms with van der Waals surface area (Å²) in [6, 6.07) is 9.16. The van der Waals surface area contributed by atoms with E-state index in [1.807, 2.05) is 31.2 Å². The fourth-order valence-corrected chi connectivity index (χ4v) is 2.02. The minimum atomic E-state index is -0.289. The summed E-state index contributed by atoms with van der Waals surface area (Å²) in [5.41, 5.74) is 1.68. The molecular weight excluding hydrogens is 294 g/mol. The van der Waals surface area contributed by atoms with E-state index < -0.39 is 0 Å². The molecule has 5 nitrogen and oxygen atoms in total. The van der Waals surface area contributed by atoms with Crippen LogP contribution in [0.2, 0.25) is 0 Å². The number of benzene rings is 1. The largest absolute Gasteiger partial charge is 0.493 e. The molecule has 0 spiro atoms. The van der Waals surface area contributed by atoms with Crippen molar-refractivity contribution in [1.29, 1.82) is 0 Å². The first-order valence-corrected chi connectivity index (χ1v) is 7.57. The predicted molar refractivity (Wildman–Crippen MR) is 86.5 cm³/mol. The van der Waals surface area contributed by atoms with Crippen molar-refractivity contribution in [2.75, 3.05) is 13.7 Å². The van der Waals surface area contributed by atoms with Crippen molar-refractivity contribution in [3.63, 3.8) is 0 Å². The molecule has 0 aliphatic carbocycles. The van der Waals surface area contributed by atoms with Crippen LogP contribution in [-0.4, -0.2) is 24.7 Å². The van der Waals surface area contributed by atoms with Crippen molar-refractivity contribution in [1.82, 2.24) is 4.98 Å². The van der Waals surface area contributed by atoms with Gasteiger partial charge in [-0.2, -0.15) is 0 Å². The number of nitrogens with zero attached hydrogens (tertiary/aromatic N) is 1. The summed E-state index contributed by atoms with van der Waals surface area (Å²) in [5, 5.41) is 0. The van der Waals surface area contributed by atoms with Gasteiger partial charge in [0.15, 0.2) is 11.5 Å². The van der Waals surface area contributed by atoms with E-state index in [9.17, 15) is 4.79 Å². The molecule has 23 heavy (non-hydrogen) atoms. The highest BCUT2D eigenvalue weighted by Crippen LogP contribution is 2.28. The first-order valence-electron chi connectivity index (χ1n) is 7.57. The van der Waals surface area contributed by atoms with Crippen molar-refractivity contribution < 1.29 is 19.0 Å². The lowest BCUT2D eigenvalue weighted by atomic mass is 10.2. The van der Waals surface area contributed by atoms with E-state index in [0.29, 0.717) is 18.1 Å². The Morgan fingerprint density at radius 1 is 1.17 bits per heavy atom. The van der Waals surface area contributed by atoms with Crippen LogP contribution in [0.5, 0.6) is 11.5 Å². The Hall–Kier alpha value is -2.56. The fourth-order valence-electron chi connectivity index (χ4n) is 2.02. The van der Waals surface area contributed by atoms with Crippen molar-refractivity contribution in [2.24, 2.45) is 0 Å². The molecule has 0 radical (unpaired) electrons. The Kier molecular flexibility index (Phi) is 6.41. The van der Waals surface area contributed by atoms with Crippen molar-refractivity contribution in [3.8, 4) is 11.5 Å². The Balaban J connectivity index is 1.91. The number of carbonyl (C=O) groups excluding carboxylic acids is 1. The van der Waals surface area contributed by atoms with Crippen LogP contribution in [0.4, 0.5) is 0 Å². The third-order valence-corrected chi connectivity index (χ3v) is 3.16. The average Bonchev–Trinajstić information content (AvgIpc) is 2.59. The number of hydrogen-bond donors (Lipinski definition) is 0. The SMILES string of the molecule is CCCOc1ccc(COC(=O)Cc2cccnc2)cc1OC. The van der Waals surface area contributed by atoms with Gasteiger partial charge in [-0.25, -0.2) is 0 Å². The monoisotopic (exact) mass is 315 g/mol. The minimum absolute atomic E-state index is 0.198. The van der Waals surface area contributed by atoms with Gasteiger partial charge in [0.2, 0.25) is 0 Å². The van der Waals surface area contributed by atoms with Crippen LogP contribution in [0, 0.1) is 0 Å². The summed E-state index contributed by atoms with van der Waals surface area (Å²) in [5.74, 6) is 1.04. The molecule has 5 heteroatoms. The van der Waals surface area contributed by atoms with Gasteiger partial charge in [0.25, 0.3) is 0 Å². The predicted octanol–water partition coefficient (Wildman–Crippen LogP) is 3.16. The van der Waals surface area contributed by atoms with Gasteiger partial charge in [-0.1, -0.05) is 19.1 Å². The number of carbonyl (C=O) groups is 1. The number of aromatic nitrogens is 1. The van der Waals surface area contributed by atoms with Crippen LogP contribution in [0.25, 0.3) is 0 Å². The summed E-state index contributed by atoms with van der Waals surface area (Å²) in [4.78, 5) is 15.8. The first kappa shape index (κ1) is 16.8. The maximum atomic E-state index is 11.8. The van der Waals surface area contributed by atoms with Gasteiger partial charge in [-0.3, -0.25) is 9.78 Å². The standard InChI is InChI=1S/C18H21NO4/c1-3-9-22-16-7-6-15(10-17(16)21-2)13-23-18(20)11-14-5-4-8-19-12-14/h4-8,10,12H,3,9,11,13H2,1-2H3. The smallest absolute Gasteiger partial charge is 0.310 e. The molecule has 0 unspecified atom stereocenters. The molecule has 0 saturated carbocycles. The first-order chi connectivity index (χ1) is 11.2. The fraction of sp³-hybridized carbons (Fsp3) is 0.333. The summed E-state index contributed by atoms with van der Waals surface area (Å²) >= 11 is 0. The van der Waals surface area contributed by atoms with E-state index >= 15 is 0 Å². The maximum Gasteiger partial charge on any atom is 0.310 e. The van der Waals surface area contributed by atoms with Crippen LogP contribution >= 0.6 is 0 Å². The molecule has 1 heterocycles. The van der Waals surface area contributed by atoms with Gasteiger partial charge in [-0.15, -0.1) is 0 Å². The zero-order chi connectivity index (χ0) is 16.5. The summed E-state index contributed by atoms with van der Waals surface area (Å²) in [6.45, 7) is 2.88. The second kappa shape index (κ2) is 8.78. The zero-order valence-electron chi connectivity index (χ0n) is 13.5. The molecular formula is C18H21NO4. The van der Waals surface area contributed by atoms with Crippen LogP contribution < -0.4 is 9.47 Å². The number of hydrogen-bond acceptors (Lipinski definition) is 5. The van der Waals surface area contributed by atoms with Gasteiger partial charge < -0.3 is 14.2 Å². The molecule has 0 atom stereocenters. The molecule has 0 amide bonds. The third kappa shape index (κ3) is 5.29. The number of esters is 1. The lowest BCUT2D eigenvalue weighted by Gasteiger charge is -2.12. The van der Waals surface area contributed by atoms with Gasteiger partial charge >= 0.3 is 5.97 Å². The molecule has 0 bridgehead atoms. The van der Waals surface area contributed by atoms with Crippen molar-refractivity contribution in [2.45, 2.75) is 26.4 Å². The number of rotatable bonds is 8. The van der Waals surface area contributed by atoms with Crippen molar-refractivity contribution >= 4 is 5.97 Å². The van der Waals surface area contributed by atoms with Crippen LogP contribution in [-0.2, 0) is 22.6 Å². The number of ether oxygens (including phenoxy) is 3. The van der Waals surface area contributed by atoms with E-state index in [1.165, 1.54) is 0 Å². The number of pyridine rings is 1. The molecule has 1 aromatic carbocycles. The van der Waals surface area contributed by atoms with E-state index in [-0.39, 0.29) is 19.0 Å². The quantitative estimate of drug-likeness (QED) is 0.700. The molecule has 0 aliphatic rings. The Bertz CT molecular complexity index is 628. The highest BCUT2D eigenvalue weighted by molar-refractivity contribution is 5.72. The molecule has 2 rings (SSSR count). The number of methoxy groups -OCH3 is 1. The lowest BCUT2D eigenvalue weighted by molar-refractivity contribution is -0.144. The van der Waals surface area contributed by atoms with Crippen LogP contribution in [0.15, 0.2) is 42.7 Å². The highest BCUT2D eigenvalue weighted by Gasteiger charge is 2.09. The van der Waals surface area contributed by atoms with Gasteiger partial charge in [-0.05, 0) is 35.7 Å². The molecule has 0 saturated heterocycles. The van der Waals surface area contributed by atoms with E-state index in [4.69, 9.17) is 14.2 Å². The normalized spacial score (nSPS) is 10.2. The summed E-state index contributed by atoms with van der Waals surface area (Å²) in [6.07, 6.45) is 4.47. The second-order valence-corrected chi connectivity index (χ2v) is 5.03.